The summed E-state index contributed by atoms with van der Waals surface area (Å²) in [4.78, 5) is 25.0. The lowest BCUT2D eigenvalue weighted by atomic mass is 10.2. The van der Waals surface area contributed by atoms with Gasteiger partial charge < -0.3 is 29.9 Å². The highest BCUT2D eigenvalue weighted by Gasteiger charge is 2.17. The summed E-state index contributed by atoms with van der Waals surface area (Å²) in [6.45, 7) is -0.499. The maximum Gasteiger partial charge on any atom is 0.233 e. The third-order valence-corrected chi connectivity index (χ3v) is 3.12. The van der Waals surface area contributed by atoms with Gasteiger partial charge in [-0.15, -0.1) is 0 Å². The lowest BCUT2D eigenvalue weighted by molar-refractivity contribution is -0.134. The number of hydrogen-bond acceptors (Lipinski definition) is 6. The van der Waals surface area contributed by atoms with Crippen LogP contribution in [0.3, 0.4) is 0 Å². The van der Waals surface area contributed by atoms with Crippen LogP contribution in [0.15, 0.2) is 18.2 Å². The molecule has 0 heterocycles. The lowest BCUT2D eigenvalue weighted by Gasteiger charge is -2.19. The minimum absolute atomic E-state index is 0.0472. The van der Waals surface area contributed by atoms with Gasteiger partial charge in [-0.05, 0) is 12.1 Å². The minimum Gasteiger partial charge on any atom is -0.497 e. The Morgan fingerprint density at radius 2 is 2.00 bits per heavy atom. The van der Waals surface area contributed by atoms with Crippen molar-refractivity contribution in [2.45, 2.75) is 12.5 Å². The number of aliphatic hydroxyl groups is 2. The van der Waals surface area contributed by atoms with E-state index in [2.05, 4.69) is 5.32 Å². The van der Waals surface area contributed by atoms with Crippen LogP contribution in [0.4, 0.5) is 5.69 Å². The van der Waals surface area contributed by atoms with Gasteiger partial charge in [0.05, 0.1) is 32.6 Å². The maximum absolute atomic E-state index is 11.9. The van der Waals surface area contributed by atoms with E-state index < -0.39 is 24.5 Å². The Bertz CT molecular complexity index is 549. The first-order chi connectivity index (χ1) is 10.9. The molecule has 8 nitrogen and oxygen atoms in total. The summed E-state index contributed by atoms with van der Waals surface area (Å²) in [5.74, 6) is 0.00846. The van der Waals surface area contributed by atoms with Crippen molar-refractivity contribution in [2.24, 2.45) is 0 Å². The number of methoxy groups -OCH3 is 2. The van der Waals surface area contributed by atoms with Crippen LogP contribution in [0.1, 0.15) is 6.42 Å². The molecule has 0 bridgehead atoms. The number of amides is 2. The number of hydrogen-bond donors (Lipinski definition) is 3. The number of benzene rings is 1. The summed E-state index contributed by atoms with van der Waals surface area (Å²) in [6, 6.07) is 4.88. The van der Waals surface area contributed by atoms with Crippen LogP contribution in [0.2, 0.25) is 0 Å². The number of carbonyl (C=O) groups is 2. The molecule has 0 saturated carbocycles. The Balaban J connectivity index is 2.64. The van der Waals surface area contributed by atoms with Crippen LogP contribution >= 0.6 is 0 Å². The molecule has 2 amide bonds. The summed E-state index contributed by atoms with van der Waals surface area (Å²) >= 11 is 0. The van der Waals surface area contributed by atoms with Crippen molar-refractivity contribution in [3.63, 3.8) is 0 Å². The second-order valence-corrected chi connectivity index (χ2v) is 4.90. The Labute approximate surface area is 134 Å². The highest BCUT2D eigenvalue weighted by molar-refractivity contribution is 6.04. The van der Waals surface area contributed by atoms with Crippen molar-refractivity contribution in [3.8, 4) is 11.5 Å². The van der Waals surface area contributed by atoms with Crippen molar-refractivity contribution < 1.29 is 29.3 Å². The Kier molecular flexibility index (Phi) is 7.30. The first-order valence-electron chi connectivity index (χ1n) is 6.96. The van der Waals surface area contributed by atoms with Gasteiger partial charge in [0.15, 0.2) is 0 Å². The molecule has 1 aromatic rings. The van der Waals surface area contributed by atoms with E-state index in [1.165, 1.54) is 26.2 Å². The lowest BCUT2D eigenvalue weighted by Crippen LogP contribution is -2.37. The van der Waals surface area contributed by atoms with Gasteiger partial charge in [0.1, 0.15) is 17.9 Å². The van der Waals surface area contributed by atoms with Gasteiger partial charge in [-0.2, -0.15) is 0 Å². The largest absolute Gasteiger partial charge is 0.497 e. The van der Waals surface area contributed by atoms with Crippen LogP contribution in [-0.2, 0) is 9.59 Å². The van der Waals surface area contributed by atoms with Gasteiger partial charge in [0.25, 0.3) is 0 Å². The molecule has 1 aromatic carbocycles. The summed E-state index contributed by atoms with van der Waals surface area (Å²) < 4.78 is 10.2. The SMILES string of the molecule is COc1ccc(NC(=O)CC(=O)N(C)CC(O)CO)c(OC)c1. The van der Waals surface area contributed by atoms with Gasteiger partial charge in [0.2, 0.25) is 11.8 Å². The van der Waals surface area contributed by atoms with E-state index >= 15 is 0 Å². The molecular weight excluding hydrogens is 304 g/mol. The van der Waals surface area contributed by atoms with E-state index in [0.29, 0.717) is 17.2 Å². The van der Waals surface area contributed by atoms with E-state index in [4.69, 9.17) is 14.6 Å². The van der Waals surface area contributed by atoms with Gasteiger partial charge in [-0.1, -0.05) is 0 Å². The zero-order valence-electron chi connectivity index (χ0n) is 13.4. The first-order valence-corrected chi connectivity index (χ1v) is 6.96. The molecule has 0 spiro atoms. The average molecular weight is 326 g/mol. The molecule has 128 valence electrons. The van der Waals surface area contributed by atoms with E-state index in [0.717, 1.165) is 0 Å². The Morgan fingerprint density at radius 3 is 2.57 bits per heavy atom. The van der Waals surface area contributed by atoms with Crippen molar-refractivity contribution in [1.82, 2.24) is 4.90 Å². The minimum atomic E-state index is -1.03. The third kappa shape index (κ3) is 5.76. The molecule has 1 atom stereocenters. The fourth-order valence-electron chi connectivity index (χ4n) is 1.84. The summed E-state index contributed by atoms with van der Waals surface area (Å²) in [5.41, 5.74) is 0.421. The van der Waals surface area contributed by atoms with Crippen LogP contribution in [0, 0.1) is 0 Å². The smallest absolute Gasteiger partial charge is 0.233 e. The van der Waals surface area contributed by atoms with E-state index in [1.54, 1.807) is 18.2 Å². The van der Waals surface area contributed by atoms with Gasteiger partial charge in [-0.25, -0.2) is 0 Å². The number of likely N-dealkylation sites (N-methyl/N-ethyl adjacent to an activating group) is 1. The number of aliphatic hydroxyl groups excluding tert-OH is 2. The van der Waals surface area contributed by atoms with E-state index in [1.807, 2.05) is 0 Å². The van der Waals surface area contributed by atoms with Crippen molar-refractivity contribution in [3.05, 3.63) is 18.2 Å². The summed E-state index contributed by atoms with van der Waals surface area (Å²) in [6.07, 6.45) is -1.42. The van der Waals surface area contributed by atoms with Crippen molar-refractivity contribution >= 4 is 17.5 Å². The molecule has 0 aromatic heterocycles. The second-order valence-electron chi connectivity index (χ2n) is 4.90. The molecule has 23 heavy (non-hydrogen) atoms. The van der Waals surface area contributed by atoms with Gasteiger partial charge in [-0.3, -0.25) is 9.59 Å². The molecule has 0 aliphatic rings. The van der Waals surface area contributed by atoms with E-state index in [-0.39, 0.29) is 13.0 Å². The highest BCUT2D eigenvalue weighted by Crippen LogP contribution is 2.29. The Morgan fingerprint density at radius 1 is 1.30 bits per heavy atom. The predicted octanol–water partition coefficient (Wildman–Crippen LogP) is -0.156. The molecule has 1 rings (SSSR count). The standard InChI is InChI=1S/C15H22N2O6/c1-17(8-10(19)9-18)15(21)7-14(20)16-12-5-4-11(22-2)6-13(12)23-3/h4-6,10,18-19H,7-9H2,1-3H3,(H,16,20). The topological polar surface area (TPSA) is 108 Å². The molecule has 0 radical (unpaired) electrons. The predicted molar refractivity (Wildman–Crippen MR) is 83.5 cm³/mol. The number of anilines is 1. The quantitative estimate of drug-likeness (QED) is 0.573. The third-order valence-electron chi connectivity index (χ3n) is 3.12. The summed E-state index contributed by atoms with van der Waals surface area (Å²) in [5, 5.41) is 20.6. The van der Waals surface area contributed by atoms with E-state index in [9.17, 15) is 14.7 Å². The zero-order chi connectivity index (χ0) is 17.4. The molecule has 0 aliphatic carbocycles. The van der Waals surface area contributed by atoms with Crippen LogP contribution < -0.4 is 14.8 Å². The molecule has 8 heteroatoms. The Hall–Kier alpha value is -2.32. The average Bonchev–Trinajstić information content (AvgIpc) is 2.54. The zero-order valence-corrected chi connectivity index (χ0v) is 13.4. The number of carbonyl (C=O) groups excluding carboxylic acids is 2. The van der Waals surface area contributed by atoms with Crippen LogP contribution in [-0.4, -0.2) is 67.5 Å². The fourth-order valence-corrected chi connectivity index (χ4v) is 1.84. The fraction of sp³-hybridized carbons (Fsp3) is 0.467. The van der Waals surface area contributed by atoms with Gasteiger partial charge >= 0.3 is 0 Å². The van der Waals surface area contributed by atoms with Crippen LogP contribution in [0.5, 0.6) is 11.5 Å². The molecule has 3 N–H and O–H groups in total. The normalized spacial score (nSPS) is 11.5. The number of nitrogens with zero attached hydrogens (tertiary/aromatic N) is 1. The van der Waals surface area contributed by atoms with Gasteiger partial charge in [0, 0.05) is 19.7 Å². The molecule has 0 saturated heterocycles. The maximum atomic E-state index is 11.9. The highest BCUT2D eigenvalue weighted by atomic mass is 16.5. The molecule has 0 aliphatic heterocycles. The van der Waals surface area contributed by atoms with Crippen LogP contribution in [0.25, 0.3) is 0 Å². The summed E-state index contributed by atoms with van der Waals surface area (Å²) in [7, 11) is 4.42. The monoisotopic (exact) mass is 326 g/mol. The first kappa shape index (κ1) is 18.7. The number of ether oxygens (including phenoxy) is 2. The molecule has 0 fully saturated rings. The number of rotatable bonds is 8. The van der Waals surface area contributed by atoms with Crippen molar-refractivity contribution in [1.29, 1.82) is 0 Å². The van der Waals surface area contributed by atoms with Crippen molar-refractivity contribution in [2.75, 3.05) is 39.7 Å². The molecular formula is C15H22N2O6. The number of nitrogens with one attached hydrogen (secondary N) is 1. The second kappa shape index (κ2) is 8.96. The molecule has 1 unspecified atom stereocenters.